The van der Waals surface area contributed by atoms with Crippen LogP contribution < -0.4 is 10.6 Å². The number of benzene rings is 1. The van der Waals surface area contributed by atoms with Gasteiger partial charge in [0, 0.05) is 5.69 Å². The van der Waals surface area contributed by atoms with Crippen molar-refractivity contribution in [1.29, 1.82) is 0 Å². The quantitative estimate of drug-likeness (QED) is 0.480. The minimum Gasteiger partial charge on any atom is -0.343 e. The van der Waals surface area contributed by atoms with E-state index in [1.54, 1.807) is 13.0 Å². The van der Waals surface area contributed by atoms with Crippen LogP contribution in [-0.4, -0.2) is 28.5 Å². The van der Waals surface area contributed by atoms with Gasteiger partial charge in [-0.2, -0.15) is 0 Å². The van der Waals surface area contributed by atoms with Gasteiger partial charge in [-0.25, -0.2) is 4.98 Å². The van der Waals surface area contributed by atoms with Crippen molar-refractivity contribution in [3.05, 3.63) is 63.7 Å². The van der Waals surface area contributed by atoms with Gasteiger partial charge in [0.05, 0.1) is 33.8 Å². The summed E-state index contributed by atoms with van der Waals surface area (Å²) in [7, 11) is 0. The van der Waals surface area contributed by atoms with E-state index < -0.39 is 0 Å². The van der Waals surface area contributed by atoms with Gasteiger partial charge in [0.1, 0.15) is 0 Å². The van der Waals surface area contributed by atoms with Crippen LogP contribution in [0, 0.1) is 27.7 Å². The maximum Gasteiger partial charge on any atom is 0.259 e. The first-order valence-electron chi connectivity index (χ1n) is 9.80. The number of nitrogens with zero attached hydrogens (tertiary/aromatic N) is 2. The second kappa shape index (κ2) is 8.31. The minimum absolute atomic E-state index is 0.159. The summed E-state index contributed by atoms with van der Waals surface area (Å²) in [6.07, 6.45) is 0. The molecule has 0 unspecified atom stereocenters. The van der Waals surface area contributed by atoms with Gasteiger partial charge in [-0.3, -0.25) is 9.59 Å². The van der Waals surface area contributed by atoms with E-state index >= 15 is 0 Å². The molecule has 1 aromatic carbocycles. The Kier molecular flexibility index (Phi) is 5.56. The zero-order valence-electron chi connectivity index (χ0n) is 17.7. The highest BCUT2D eigenvalue weighted by Crippen LogP contribution is 2.29. The molecule has 4 aromatic rings. The third-order valence-electron chi connectivity index (χ3n) is 4.99. The molecule has 8 heteroatoms. The zero-order chi connectivity index (χ0) is 22.1. The smallest absolute Gasteiger partial charge is 0.259 e. The number of anilines is 1. The third kappa shape index (κ3) is 4.20. The fourth-order valence-electron chi connectivity index (χ4n) is 3.64. The van der Waals surface area contributed by atoms with Crippen LogP contribution in [0.2, 0.25) is 0 Å². The summed E-state index contributed by atoms with van der Waals surface area (Å²) in [6.45, 7) is 7.50. The van der Waals surface area contributed by atoms with E-state index in [0.717, 1.165) is 27.3 Å². The van der Waals surface area contributed by atoms with Crippen molar-refractivity contribution in [2.24, 2.45) is 0 Å². The van der Waals surface area contributed by atoms with Crippen molar-refractivity contribution in [3.63, 3.8) is 0 Å². The number of pyridine rings is 1. The Balaban J connectivity index is 1.55. The van der Waals surface area contributed by atoms with E-state index in [9.17, 15) is 9.59 Å². The van der Waals surface area contributed by atoms with Crippen molar-refractivity contribution in [1.82, 2.24) is 15.5 Å². The molecule has 0 fully saturated rings. The van der Waals surface area contributed by atoms with Crippen LogP contribution in [0.5, 0.6) is 0 Å². The molecule has 0 spiro atoms. The number of rotatable bonds is 5. The SMILES string of the molecule is Cc1cc(C)c(NC(=O)CNC(=O)c2cc(-c3cccs3)nc3onc(C)c23)c(C)c1. The fourth-order valence-corrected chi connectivity index (χ4v) is 4.33. The number of thiophene rings is 1. The van der Waals surface area contributed by atoms with Crippen molar-refractivity contribution in [2.75, 3.05) is 11.9 Å². The van der Waals surface area contributed by atoms with Crippen molar-refractivity contribution in [3.8, 4) is 10.6 Å². The molecule has 0 aliphatic heterocycles. The number of aromatic nitrogens is 2. The van der Waals surface area contributed by atoms with Gasteiger partial charge < -0.3 is 15.2 Å². The molecule has 0 radical (unpaired) electrons. The molecule has 7 nitrogen and oxygen atoms in total. The summed E-state index contributed by atoms with van der Waals surface area (Å²) in [5, 5.41) is 12.0. The number of carbonyl (C=O) groups excluding carboxylic acids is 2. The Labute approximate surface area is 183 Å². The van der Waals surface area contributed by atoms with Crippen LogP contribution in [0.15, 0.2) is 40.2 Å². The van der Waals surface area contributed by atoms with Crippen LogP contribution in [0.25, 0.3) is 21.7 Å². The maximum atomic E-state index is 13.0. The fraction of sp³-hybridized carbons (Fsp3) is 0.217. The number of hydrogen-bond acceptors (Lipinski definition) is 6. The summed E-state index contributed by atoms with van der Waals surface area (Å²) in [4.78, 5) is 30.9. The lowest BCUT2D eigenvalue weighted by molar-refractivity contribution is -0.115. The van der Waals surface area contributed by atoms with Crippen molar-refractivity contribution < 1.29 is 14.1 Å². The van der Waals surface area contributed by atoms with Gasteiger partial charge in [-0.15, -0.1) is 11.3 Å². The number of carbonyl (C=O) groups is 2. The summed E-state index contributed by atoms with van der Waals surface area (Å²) in [5.41, 5.74) is 5.73. The van der Waals surface area contributed by atoms with Crippen molar-refractivity contribution in [2.45, 2.75) is 27.7 Å². The third-order valence-corrected chi connectivity index (χ3v) is 5.88. The largest absolute Gasteiger partial charge is 0.343 e. The highest BCUT2D eigenvalue weighted by Gasteiger charge is 2.20. The molecule has 0 saturated carbocycles. The molecular weight excluding hydrogens is 412 g/mol. The first-order chi connectivity index (χ1) is 14.8. The predicted molar refractivity (Wildman–Crippen MR) is 121 cm³/mol. The van der Waals surface area contributed by atoms with E-state index in [0.29, 0.717) is 28.1 Å². The molecule has 0 atom stereocenters. The number of amides is 2. The predicted octanol–water partition coefficient (Wildman–Crippen LogP) is 4.55. The lowest BCUT2D eigenvalue weighted by Crippen LogP contribution is -2.33. The van der Waals surface area contributed by atoms with Gasteiger partial charge in [-0.05, 0) is 56.3 Å². The van der Waals surface area contributed by atoms with Gasteiger partial charge in [0.15, 0.2) is 0 Å². The number of fused-ring (bicyclic) bond motifs is 1. The van der Waals surface area contributed by atoms with Crippen LogP contribution in [0.4, 0.5) is 5.69 Å². The summed E-state index contributed by atoms with van der Waals surface area (Å²) >= 11 is 1.51. The Morgan fingerprint density at radius 3 is 2.52 bits per heavy atom. The first kappa shape index (κ1) is 20.7. The van der Waals surface area contributed by atoms with E-state index in [4.69, 9.17) is 4.52 Å². The molecule has 158 valence electrons. The van der Waals surface area contributed by atoms with E-state index in [1.807, 2.05) is 50.4 Å². The Morgan fingerprint density at radius 2 is 1.84 bits per heavy atom. The number of aryl methyl sites for hydroxylation is 4. The average Bonchev–Trinajstić information content (AvgIpc) is 3.38. The van der Waals surface area contributed by atoms with Crippen LogP contribution in [0.1, 0.15) is 32.7 Å². The second-order valence-corrected chi connectivity index (χ2v) is 8.43. The molecule has 3 aromatic heterocycles. The van der Waals surface area contributed by atoms with Crippen LogP contribution in [-0.2, 0) is 4.79 Å². The Hall–Kier alpha value is -3.52. The molecule has 31 heavy (non-hydrogen) atoms. The minimum atomic E-state index is -0.385. The summed E-state index contributed by atoms with van der Waals surface area (Å²) < 4.78 is 5.30. The molecule has 2 amide bonds. The van der Waals surface area contributed by atoms with Gasteiger partial charge in [0.2, 0.25) is 5.91 Å². The number of hydrogen-bond donors (Lipinski definition) is 2. The molecule has 0 saturated heterocycles. The van der Waals surface area contributed by atoms with Crippen molar-refractivity contribution >= 4 is 39.9 Å². The van der Waals surface area contributed by atoms with E-state index in [2.05, 4.69) is 20.8 Å². The molecule has 3 heterocycles. The monoisotopic (exact) mass is 434 g/mol. The van der Waals surface area contributed by atoms with Crippen LogP contribution in [0.3, 0.4) is 0 Å². The summed E-state index contributed by atoms with van der Waals surface area (Å²) in [6, 6.07) is 9.56. The van der Waals surface area contributed by atoms with Gasteiger partial charge in [-0.1, -0.05) is 28.9 Å². The highest BCUT2D eigenvalue weighted by molar-refractivity contribution is 7.13. The highest BCUT2D eigenvalue weighted by atomic mass is 32.1. The molecule has 4 rings (SSSR count). The van der Waals surface area contributed by atoms with Gasteiger partial charge in [0.25, 0.3) is 11.6 Å². The Morgan fingerprint density at radius 1 is 1.10 bits per heavy atom. The second-order valence-electron chi connectivity index (χ2n) is 7.49. The first-order valence-corrected chi connectivity index (χ1v) is 10.7. The molecular formula is C23H22N4O3S. The Bertz CT molecular complexity index is 1270. The zero-order valence-corrected chi connectivity index (χ0v) is 18.5. The number of nitrogens with one attached hydrogen (secondary N) is 2. The lowest BCUT2D eigenvalue weighted by Gasteiger charge is -2.13. The molecule has 0 aliphatic rings. The normalized spacial score (nSPS) is 11.0. The van der Waals surface area contributed by atoms with Crippen LogP contribution >= 0.6 is 11.3 Å². The molecule has 2 N–H and O–H groups in total. The molecule has 0 aliphatic carbocycles. The van der Waals surface area contributed by atoms with Gasteiger partial charge >= 0.3 is 0 Å². The standard InChI is InChI=1S/C23H22N4O3S/c1-12-8-13(2)21(14(3)9-12)26-19(28)11-24-22(29)16-10-17(18-6-5-7-31-18)25-23-20(16)15(4)27-30-23/h5-10H,11H2,1-4H3,(H,24,29)(H,26,28). The topological polar surface area (TPSA) is 97.1 Å². The maximum absolute atomic E-state index is 13.0. The summed E-state index contributed by atoms with van der Waals surface area (Å²) in [5.74, 6) is -0.682. The average molecular weight is 435 g/mol. The van der Waals surface area contributed by atoms with E-state index in [-0.39, 0.29) is 18.4 Å². The van der Waals surface area contributed by atoms with E-state index in [1.165, 1.54) is 11.3 Å². The molecule has 0 bridgehead atoms. The lowest BCUT2D eigenvalue weighted by atomic mass is 10.1.